The van der Waals surface area contributed by atoms with Crippen LogP contribution in [0.3, 0.4) is 0 Å². The second-order valence-electron chi connectivity index (χ2n) is 4.52. The zero-order valence-corrected chi connectivity index (χ0v) is 12.5. The van der Waals surface area contributed by atoms with Gasteiger partial charge in [0.1, 0.15) is 0 Å². The molecule has 1 rings (SSSR count). The van der Waals surface area contributed by atoms with Gasteiger partial charge in [-0.1, -0.05) is 37.3 Å². The number of amides is 1. The first-order chi connectivity index (χ1) is 9.63. The largest absolute Gasteiger partial charge is 0.481 e. The van der Waals surface area contributed by atoms with Crippen molar-refractivity contribution in [2.75, 3.05) is 11.5 Å². The van der Waals surface area contributed by atoms with E-state index in [4.69, 9.17) is 5.11 Å². The van der Waals surface area contributed by atoms with Crippen LogP contribution < -0.4 is 5.32 Å². The van der Waals surface area contributed by atoms with Gasteiger partial charge >= 0.3 is 5.97 Å². The van der Waals surface area contributed by atoms with Gasteiger partial charge in [0.05, 0.1) is 11.8 Å². The van der Waals surface area contributed by atoms with E-state index >= 15 is 0 Å². The van der Waals surface area contributed by atoms with Gasteiger partial charge in [0, 0.05) is 6.42 Å². The van der Waals surface area contributed by atoms with Gasteiger partial charge in [-0.3, -0.25) is 9.59 Å². The molecule has 0 radical (unpaired) electrons. The summed E-state index contributed by atoms with van der Waals surface area (Å²) in [5, 5.41) is 11.7. The third kappa shape index (κ3) is 6.61. The van der Waals surface area contributed by atoms with E-state index in [-0.39, 0.29) is 18.4 Å². The van der Waals surface area contributed by atoms with Crippen molar-refractivity contribution in [3.63, 3.8) is 0 Å². The number of rotatable bonds is 9. The van der Waals surface area contributed by atoms with E-state index in [1.807, 2.05) is 30.3 Å². The van der Waals surface area contributed by atoms with Crippen molar-refractivity contribution in [2.45, 2.75) is 32.2 Å². The Kier molecular flexibility index (Phi) is 7.80. The molecule has 0 aliphatic heterocycles. The lowest BCUT2D eigenvalue weighted by Gasteiger charge is -2.18. The molecular formula is C15H21NO3S. The van der Waals surface area contributed by atoms with Gasteiger partial charge in [-0.15, -0.1) is 0 Å². The highest BCUT2D eigenvalue weighted by atomic mass is 32.2. The number of hydrogen-bond acceptors (Lipinski definition) is 3. The average Bonchev–Trinajstić information content (AvgIpc) is 2.44. The molecule has 5 heteroatoms. The van der Waals surface area contributed by atoms with Crippen molar-refractivity contribution in [1.82, 2.24) is 5.32 Å². The van der Waals surface area contributed by atoms with Crippen molar-refractivity contribution in [1.29, 1.82) is 0 Å². The Labute approximate surface area is 124 Å². The van der Waals surface area contributed by atoms with Crippen molar-refractivity contribution in [3.05, 3.63) is 35.9 Å². The molecule has 1 amide bonds. The fourth-order valence-electron chi connectivity index (χ4n) is 1.82. The summed E-state index contributed by atoms with van der Waals surface area (Å²) in [6, 6.07) is 9.26. The molecule has 1 aromatic carbocycles. The lowest BCUT2D eigenvalue weighted by atomic mass is 10.0. The molecular weight excluding hydrogens is 274 g/mol. The first-order valence-corrected chi connectivity index (χ1v) is 7.92. The summed E-state index contributed by atoms with van der Waals surface area (Å²) >= 11 is 1.59. The van der Waals surface area contributed by atoms with Gasteiger partial charge in [0.2, 0.25) is 5.91 Å². The number of carboxylic acid groups (broad SMARTS) is 1. The monoisotopic (exact) mass is 295 g/mol. The quantitative estimate of drug-likeness (QED) is 0.687. The summed E-state index contributed by atoms with van der Waals surface area (Å²) in [6.07, 6.45) is 1.49. The third-order valence-electron chi connectivity index (χ3n) is 2.77. The maximum absolute atomic E-state index is 11.9. The molecule has 0 fully saturated rings. The summed E-state index contributed by atoms with van der Waals surface area (Å²) < 4.78 is 0. The number of benzene rings is 1. The summed E-state index contributed by atoms with van der Waals surface area (Å²) in [6.45, 7) is 2.07. The molecule has 1 aromatic rings. The van der Waals surface area contributed by atoms with Crippen LogP contribution in [0.4, 0.5) is 0 Å². The highest BCUT2D eigenvalue weighted by Crippen LogP contribution is 2.18. The summed E-state index contributed by atoms with van der Waals surface area (Å²) in [5.41, 5.74) is 0.947. The predicted molar refractivity (Wildman–Crippen MR) is 81.8 cm³/mol. The van der Waals surface area contributed by atoms with Gasteiger partial charge in [-0.05, 0) is 24.2 Å². The minimum Gasteiger partial charge on any atom is -0.481 e. The van der Waals surface area contributed by atoms with Crippen LogP contribution in [-0.2, 0) is 9.59 Å². The number of hydrogen-bond donors (Lipinski definition) is 2. The van der Waals surface area contributed by atoms with E-state index in [2.05, 4.69) is 12.2 Å². The molecule has 0 saturated carbocycles. The highest BCUT2D eigenvalue weighted by Gasteiger charge is 2.15. The Bertz CT molecular complexity index is 422. The average molecular weight is 295 g/mol. The van der Waals surface area contributed by atoms with Crippen LogP contribution in [-0.4, -0.2) is 28.5 Å². The van der Waals surface area contributed by atoms with Gasteiger partial charge in [0.25, 0.3) is 0 Å². The van der Waals surface area contributed by atoms with Gasteiger partial charge < -0.3 is 10.4 Å². The van der Waals surface area contributed by atoms with Crippen LogP contribution in [0.25, 0.3) is 0 Å². The normalized spacial score (nSPS) is 11.8. The van der Waals surface area contributed by atoms with Crippen LogP contribution >= 0.6 is 11.8 Å². The van der Waals surface area contributed by atoms with Crippen LogP contribution in [0, 0.1) is 0 Å². The number of carbonyl (C=O) groups is 2. The maximum Gasteiger partial charge on any atom is 0.303 e. The fourth-order valence-corrected chi connectivity index (χ4v) is 2.52. The molecule has 0 aromatic heterocycles. The minimum atomic E-state index is -0.847. The molecule has 0 spiro atoms. The maximum atomic E-state index is 11.9. The Balaban J connectivity index is 2.58. The van der Waals surface area contributed by atoms with Gasteiger partial charge in [0.15, 0.2) is 0 Å². The standard InChI is InChI=1S/C15H21NO3S/c1-2-10-20-11-14(17)16-13(8-9-15(18)19)12-6-4-3-5-7-12/h3-7,13H,2,8-11H2,1H3,(H,16,17)(H,18,19). The highest BCUT2D eigenvalue weighted by molar-refractivity contribution is 7.99. The number of carbonyl (C=O) groups excluding carboxylic acids is 1. The molecule has 2 N–H and O–H groups in total. The number of nitrogens with one attached hydrogen (secondary N) is 1. The molecule has 0 bridgehead atoms. The fraction of sp³-hybridized carbons (Fsp3) is 0.467. The van der Waals surface area contributed by atoms with E-state index in [1.165, 1.54) is 0 Å². The number of aliphatic carboxylic acids is 1. The number of carboxylic acids is 1. The first kappa shape index (κ1) is 16.6. The SMILES string of the molecule is CCCSCC(=O)NC(CCC(=O)O)c1ccccc1. The molecule has 0 aliphatic rings. The zero-order valence-electron chi connectivity index (χ0n) is 11.7. The summed E-state index contributed by atoms with van der Waals surface area (Å²) in [4.78, 5) is 22.6. The first-order valence-electron chi connectivity index (χ1n) is 6.77. The van der Waals surface area contributed by atoms with Crippen LogP contribution in [0.2, 0.25) is 0 Å². The third-order valence-corrected chi connectivity index (χ3v) is 3.93. The summed E-state index contributed by atoms with van der Waals surface area (Å²) in [5.74, 6) is 0.492. The van der Waals surface area contributed by atoms with Crippen LogP contribution in [0.5, 0.6) is 0 Å². The van der Waals surface area contributed by atoms with Gasteiger partial charge in [-0.2, -0.15) is 11.8 Å². The molecule has 110 valence electrons. The Morgan fingerprint density at radius 2 is 2.00 bits per heavy atom. The van der Waals surface area contributed by atoms with Crippen molar-refractivity contribution >= 4 is 23.6 Å². The van der Waals surface area contributed by atoms with E-state index in [0.717, 1.165) is 17.7 Å². The molecule has 4 nitrogen and oxygen atoms in total. The second kappa shape index (κ2) is 9.42. The number of thioether (sulfide) groups is 1. The minimum absolute atomic E-state index is 0.0392. The lowest BCUT2D eigenvalue weighted by molar-refractivity contribution is -0.137. The van der Waals surface area contributed by atoms with Crippen LogP contribution in [0.1, 0.15) is 37.8 Å². The van der Waals surface area contributed by atoms with E-state index < -0.39 is 5.97 Å². The Hall–Kier alpha value is -1.49. The van der Waals surface area contributed by atoms with Crippen molar-refractivity contribution in [3.8, 4) is 0 Å². The van der Waals surface area contributed by atoms with Crippen LogP contribution in [0.15, 0.2) is 30.3 Å². The van der Waals surface area contributed by atoms with E-state index in [1.54, 1.807) is 11.8 Å². The molecule has 0 aliphatic carbocycles. The molecule has 0 saturated heterocycles. The van der Waals surface area contributed by atoms with Crippen molar-refractivity contribution in [2.24, 2.45) is 0 Å². The molecule has 1 atom stereocenters. The second-order valence-corrected chi connectivity index (χ2v) is 5.62. The van der Waals surface area contributed by atoms with E-state index in [0.29, 0.717) is 12.2 Å². The molecule has 1 unspecified atom stereocenters. The topological polar surface area (TPSA) is 66.4 Å². The Morgan fingerprint density at radius 1 is 1.30 bits per heavy atom. The predicted octanol–water partition coefficient (Wildman–Crippen LogP) is 2.85. The Morgan fingerprint density at radius 3 is 2.60 bits per heavy atom. The summed E-state index contributed by atoms with van der Waals surface area (Å²) in [7, 11) is 0. The van der Waals surface area contributed by atoms with E-state index in [9.17, 15) is 9.59 Å². The van der Waals surface area contributed by atoms with Crippen molar-refractivity contribution < 1.29 is 14.7 Å². The van der Waals surface area contributed by atoms with Gasteiger partial charge in [-0.25, -0.2) is 0 Å². The molecule has 0 heterocycles. The molecule has 20 heavy (non-hydrogen) atoms. The smallest absolute Gasteiger partial charge is 0.303 e. The lowest BCUT2D eigenvalue weighted by Crippen LogP contribution is -2.30. The zero-order chi connectivity index (χ0) is 14.8.